The van der Waals surface area contributed by atoms with Crippen molar-refractivity contribution in [1.82, 2.24) is 30.4 Å². The highest BCUT2D eigenvalue weighted by Gasteiger charge is 2.45. The molecule has 0 unspecified atom stereocenters. The number of fused-ring (bicyclic) bond motifs is 2. The molecule has 20 heteroatoms. The van der Waals surface area contributed by atoms with E-state index in [0.29, 0.717) is 56.2 Å². The number of hydrogen-bond donors (Lipinski definition) is 5. The van der Waals surface area contributed by atoms with E-state index in [1.165, 1.54) is 29.2 Å². The molecular weight excluding hydrogens is 820 g/mol. The van der Waals surface area contributed by atoms with Gasteiger partial charge < -0.3 is 40.3 Å². The van der Waals surface area contributed by atoms with Crippen LogP contribution in [0.4, 0.5) is 26.2 Å². The number of phenolic OH excluding ortho intramolecular Hbond substituents is 1. The first kappa shape index (κ1) is 43.1. The Balaban J connectivity index is 0.853. The molecule has 17 nitrogen and oxygen atoms in total. The smallest absolute Gasteiger partial charge is 0.264 e. The second kappa shape index (κ2) is 19.1. The van der Waals surface area contributed by atoms with Crippen molar-refractivity contribution < 1.29 is 47.3 Å². The molecule has 0 aliphatic carbocycles. The molecule has 0 spiro atoms. The molecule has 4 aromatic rings. The van der Waals surface area contributed by atoms with Crippen LogP contribution in [-0.4, -0.2) is 140 Å². The molecule has 3 aliphatic heterocycles. The van der Waals surface area contributed by atoms with Gasteiger partial charge in [0.15, 0.2) is 5.82 Å². The van der Waals surface area contributed by atoms with Gasteiger partial charge in [-0.15, -0.1) is 0 Å². The molecule has 1 aromatic heterocycles. The van der Waals surface area contributed by atoms with Crippen LogP contribution in [0.15, 0.2) is 42.5 Å². The number of carbonyl (C=O) groups excluding carboxylic acids is 5. The number of likely N-dealkylation sites (N-methyl/N-ethyl adjacent to an activating group) is 1. The van der Waals surface area contributed by atoms with Crippen LogP contribution in [0.3, 0.4) is 0 Å². The van der Waals surface area contributed by atoms with Gasteiger partial charge in [-0.1, -0.05) is 23.7 Å². The van der Waals surface area contributed by atoms with Gasteiger partial charge in [0.25, 0.3) is 11.8 Å². The van der Waals surface area contributed by atoms with Crippen LogP contribution in [0.25, 0.3) is 22.0 Å². The minimum Gasteiger partial charge on any atom is -0.507 e. The van der Waals surface area contributed by atoms with E-state index in [4.69, 9.17) is 21.1 Å². The standard InChI is InChI=1S/C41H44ClF2N9O8/c1-51(17-19-61-21-20-60-18-14-46-27-6-2-4-23-32(27)40(59)53(39(23)58)28-8-9-30(55)48-38(28)57)31(56)10-11-47-41-49-36-24(37(50-41)52-15-12-45-13-16-52)22-25(42)33(35(36)44)34-26(43)5-3-7-29(34)54/h2-7,22,28,45-46,54H,8-21H2,1H3,(H,47,49,50)(H,48,55,57)/t28-/m0/s1. The summed E-state index contributed by atoms with van der Waals surface area (Å²) in [5, 5.41) is 22.2. The summed E-state index contributed by atoms with van der Waals surface area (Å²) in [7, 11) is 1.64. The highest BCUT2D eigenvalue weighted by molar-refractivity contribution is 6.34. The van der Waals surface area contributed by atoms with Crippen molar-refractivity contribution in [2.45, 2.75) is 25.3 Å². The molecule has 3 aromatic carbocycles. The Hall–Kier alpha value is -6.02. The van der Waals surface area contributed by atoms with E-state index in [9.17, 15) is 33.5 Å². The molecule has 3 aliphatic rings. The Morgan fingerprint density at radius 3 is 2.46 bits per heavy atom. The van der Waals surface area contributed by atoms with Gasteiger partial charge in [-0.2, -0.15) is 4.98 Å². The number of anilines is 3. The molecule has 1 atom stereocenters. The Kier molecular flexibility index (Phi) is 13.5. The fraction of sp³-hybridized carbons (Fsp3) is 0.390. The van der Waals surface area contributed by atoms with Gasteiger partial charge in [-0.3, -0.25) is 34.2 Å². The number of piperazine rings is 1. The normalized spacial score (nSPS) is 16.6. The molecule has 0 saturated carbocycles. The molecular formula is C41H44ClF2N9O8. The van der Waals surface area contributed by atoms with Crippen molar-refractivity contribution in [3.63, 3.8) is 0 Å². The van der Waals surface area contributed by atoms with Crippen molar-refractivity contribution in [2.75, 3.05) is 94.8 Å². The molecule has 4 heterocycles. The van der Waals surface area contributed by atoms with E-state index < -0.39 is 47.1 Å². The van der Waals surface area contributed by atoms with Crippen LogP contribution >= 0.6 is 11.6 Å². The lowest BCUT2D eigenvalue weighted by molar-refractivity contribution is -0.136. The predicted molar refractivity (Wildman–Crippen MR) is 221 cm³/mol. The molecule has 0 bridgehead atoms. The van der Waals surface area contributed by atoms with Crippen LogP contribution in [0, 0.1) is 11.6 Å². The maximum atomic E-state index is 16.3. The average Bonchev–Trinajstić information content (AvgIpc) is 3.50. The summed E-state index contributed by atoms with van der Waals surface area (Å²) >= 11 is 6.52. The number of hydrogen-bond acceptors (Lipinski definition) is 14. The van der Waals surface area contributed by atoms with Gasteiger partial charge in [0.2, 0.25) is 23.7 Å². The Morgan fingerprint density at radius 1 is 0.951 bits per heavy atom. The van der Waals surface area contributed by atoms with Crippen LogP contribution in [0.5, 0.6) is 5.75 Å². The number of imide groups is 2. The molecule has 2 fully saturated rings. The third-order valence-corrected chi connectivity index (χ3v) is 10.8. The number of carbonyl (C=O) groups is 5. The highest BCUT2D eigenvalue weighted by Crippen LogP contribution is 2.42. The number of halogens is 3. The van der Waals surface area contributed by atoms with Crippen molar-refractivity contribution in [1.29, 1.82) is 0 Å². The summed E-state index contributed by atoms with van der Waals surface area (Å²) in [5.74, 6) is -4.25. The molecule has 7 rings (SSSR count). The van der Waals surface area contributed by atoms with Gasteiger partial charge in [-0.25, -0.2) is 13.8 Å². The summed E-state index contributed by atoms with van der Waals surface area (Å²) in [6.45, 7) is 4.26. The lowest BCUT2D eigenvalue weighted by Crippen LogP contribution is -2.54. The number of aromatic hydroxyl groups is 1. The molecule has 5 N–H and O–H groups in total. The lowest BCUT2D eigenvalue weighted by Gasteiger charge is -2.29. The number of piperidine rings is 1. The molecule has 61 heavy (non-hydrogen) atoms. The molecule has 0 radical (unpaired) electrons. The van der Waals surface area contributed by atoms with Crippen molar-refractivity contribution in [3.8, 4) is 16.9 Å². The summed E-state index contributed by atoms with van der Waals surface area (Å²) in [5.41, 5.74) is -0.0581. The van der Waals surface area contributed by atoms with E-state index >= 15 is 4.39 Å². The number of phenols is 1. The summed E-state index contributed by atoms with van der Waals surface area (Å²) < 4.78 is 42.4. The predicted octanol–water partition coefficient (Wildman–Crippen LogP) is 3.15. The largest absolute Gasteiger partial charge is 0.507 e. The third kappa shape index (κ3) is 9.34. The van der Waals surface area contributed by atoms with E-state index in [2.05, 4.69) is 31.2 Å². The van der Waals surface area contributed by atoms with Gasteiger partial charge >= 0.3 is 0 Å². The zero-order valence-electron chi connectivity index (χ0n) is 33.2. The first-order valence-electron chi connectivity index (χ1n) is 19.8. The lowest BCUT2D eigenvalue weighted by atomic mass is 10.0. The first-order chi connectivity index (χ1) is 29.4. The number of amides is 5. The Morgan fingerprint density at radius 2 is 1.70 bits per heavy atom. The quantitative estimate of drug-likeness (QED) is 0.0764. The zero-order chi connectivity index (χ0) is 43.2. The van der Waals surface area contributed by atoms with E-state index in [1.54, 1.807) is 19.2 Å². The fourth-order valence-electron chi connectivity index (χ4n) is 7.41. The van der Waals surface area contributed by atoms with E-state index in [0.717, 1.165) is 11.0 Å². The monoisotopic (exact) mass is 863 g/mol. The summed E-state index contributed by atoms with van der Waals surface area (Å²) in [6, 6.07) is 8.88. The highest BCUT2D eigenvalue weighted by atomic mass is 35.5. The van der Waals surface area contributed by atoms with Gasteiger partial charge in [-0.05, 0) is 36.8 Å². The SMILES string of the molecule is CN(CCOCCOCCNc1cccc2c1C(=O)N([C@H]1CCC(=O)NC1=O)C2=O)C(=O)CCNc1nc(N2CCNCC2)c2cc(Cl)c(-c3c(O)cccc3F)c(F)c2n1. The van der Waals surface area contributed by atoms with Crippen LogP contribution in [0.2, 0.25) is 5.02 Å². The average molecular weight is 864 g/mol. The fourth-order valence-corrected chi connectivity index (χ4v) is 7.69. The Bertz CT molecular complexity index is 2350. The van der Waals surface area contributed by atoms with Crippen LogP contribution in [-0.2, 0) is 23.9 Å². The number of rotatable bonds is 17. The minimum absolute atomic E-state index is 0.0331. The summed E-state index contributed by atoms with van der Waals surface area (Å²) in [6.07, 6.45) is 0.164. The minimum atomic E-state index is -1.05. The molecule has 5 amide bonds. The Labute approximate surface area is 353 Å². The van der Waals surface area contributed by atoms with Crippen LogP contribution < -0.4 is 26.2 Å². The van der Waals surface area contributed by atoms with Crippen molar-refractivity contribution in [2.24, 2.45) is 0 Å². The zero-order valence-corrected chi connectivity index (χ0v) is 33.9. The van der Waals surface area contributed by atoms with Gasteiger partial charge in [0.1, 0.15) is 28.9 Å². The number of benzene rings is 3. The van der Waals surface area contributed by atoms with Crippen molar-refractivity contribution >= 4 is 69.5 Å². The second-order valence-electron chi connectivity index (χ2n) is 14.5. The number of nitrogens with one attached hydrogen (secondary N) is 4. The number of aromatic nitrogens is 2. The third-order valence-electron chi connectivity index (χ3n) is 10.5. The second-order valence-corrected chi connectivity index (χ2v) is 14.9. The first-order valence-corrected chi connectivity index (χ1v) is 20.2. The van der Waals surface area contributed by atoms with Crippen molar-refractivity contribution in [3.05, 3.63) is 70.2 Å². The maximum absolute atomic E-state index is 16.3. The molecule has 2 saturated heterocycles. The number of ether oxygens (including phenoxy) is 2. The van der Waals surface area contributed by atoms with Gasteiger partial charge in [0.05, 0.1) is 48.1 Å². The number of nitrogens with zero attached hydrogens (tertiary/aromatic N) is 5. The van der Waals surface area contributed by atoms with Gasteiger partial charge in [0, 0.05) is 82.3 Å². The van der Waals surface area contributed by atoms with Crippen LogP contribution in [0.1, 0.15) is 40.0 Å². The summed E-state index contributed by atoms with van der Waals surface area (Å²) in [4.78, 5) is 76.7. The van der Waals surface area contributed by atoms with E-state index in [1.807, 2.05) is 4.90 Å². The topological polar surface area (TPSA) is 208 Å². The molecule has 322 valence electrons. The maximum Gasteiger partial charge on any atom is 0.264 e. The van der Waals surface area contributed by atoms with E-state index in [-0.39, 0.29) is 96.9 Å².